The summed E-state index contributed by atoms with van der Waals surface area (Å²) in [7, 11) is 1.30. The van der Waals surface area contributed by atoms with E-state index in [4.69, 9.17) is 21.6 Å². The van der Waals surface area contributed by atoms with Crippen LogP contribution in [0.2, 0.25) is 5.02 Å². The molecule has 0 saturated carbocycles. The van der Waals surface area contributed by atoms with Crippen LogP contribution in [0.4, 0.5) is 0 Å². The molecule has 19 heavy (non-hydrogen) atoms. The van der Waals surface area contributed by atoms with Crippen LogP contribution in [0.5, 0.6) is 0 Å². The molecule has 0 radical (unpaired) electrons. The normalized spacial score (nSPS) is 20.1. The Morgan fingerprint density at radius 3 is 3.11 bits per heavy atom. The second-order valence-corrected chi connectivity index (χ2v) is 6.92. The van der Waals surface area contributed by atoms with Gasteiger partial charge in [0.25, 0.3) is 0 Å². The van der Waals surface area contributed by atoms with Crippen LogP contribution in [0, 0.1) is 11.3 Å². The van der Waals surface area contributed by atoms with Crippen LogP contribution >= 0.6 is 22.5 Å². The first kappa shape index (κ1) is 14.3. The van der Waals surface area contributed by atoms with Gasteiger partial charge in [0.1, 0.15) is 6.07 Å². The van der Waals surface area contributed by atoms with Gasteiger partial charge in [-0.05, 0) is 18.9 Å². The quantitative estimate of drug-likeness (QED) is 0.671. The van der Waals surface area contributed by atoms with Crippen LogP contribution in [0.1, 0.15) is 18.5 Å². The average Bonchev–Trinajstić information content (AvgIpc) is 2.87. The van der Waals surface area contributed by atoms with E-state index < -0.39 is 10.9 Å². The number of halogens is 1. The number of ether oxygens (including phenoxy) is 1. The van der Waals surface area contributed by atoms with E-state index in [0.717, 1.165) is 36.6 Å². The minimum absolute atomic E-state index is 0.289. The third-order valence-corrected chi connectivity index (χ3v) is 5.71. The Balaban J connectivity index is 2.11. The van der Waals surface area contributed by atoms with Crippen molar-refractivity contribution in [2.75, 3.05) is 26.0 Å². The number of aliphatic imine (C=N–C) groups is 1. The number of hydrogen-bond donors (Lipinski definition) is 1. The SMILES string of the molecule is COCCCC1=NCC[SH]1c1cnc(C#N)c(Cl)c1. The Hall–Kier alpha value is -1.09. The number of rotatable bonds is 5. The molecule has 6 heteroatoms. The molecule has 2 heterocycles. The molecule has 1 aromatic heterocycles. The topological polar surface area (TPSA) is 58.3 Å². The molecule has 1 aliphatic rings. The van der Waals surface area contributed by atoms with Gasteiger partial charge in [0.15, 0.2) is 5.69 Å². The molecular formula is C13H16ClN3OS. The molecule has 4 nitrogen and oxygen atoms in total. The van der Waals surface area contributed by atoms with Crippen LogP contribution in [-0.4, -0.2) is 36.0 Å². The lowest BCUT2D eigenvalue weighted by molar-refractivity contribution is 0.197. The highest BCUT2D eigenvalue weighted by Crippen LogP contribution is 2.43. The van der Waals surface area contributed by atoms with E-state index in [1.165, 1.54) is 5.04 Å². The molecular weight excluding hydrogens is 282 g/mol. The van der Waals surface area contributed by atoms with E-state index in [1.54, 1.807) is 13.3 Å². The van der Waals surface area contributed by atoms with Crippen molar-refractivity contribution in [2.45, 2.75) is 17.7 Å². The molecule has 1 atom stereocenters. The Bertz CT molecular complexity index is 527. The van der Waals surface area contributed by atoms with Crippen molar-refractivity contribution >= 4 is 27.5 Å². The molecule has 0 fully saturated rings. The number of nitrogens with zero attached hydrogens (tertiary/aromatic N) is 3. The molecule has 1 aromatic rings. The minimum Gasteiger partial charge on any atom is -0.385 e. The highest BCUT2D eigenvalue weighted by molar-refractivity contribution is 8.30. The summed E-state index contributed by atoms with van der Waals surface area (Å²) < 4.78 is 5.07. The Morgan fingerprint density at radius 2 is 2.42 bits per heavy atom. The molecule has 0 aromatic carbocycles. The van der Waals surface area contributed by atoms with E-state index >= 15 is 0 Å². The van der Waals surface area contributed by atoms with Gasteiger partial charge >= 0.3 is 0 Å². The van der Waals surface area contributed by atoms with E-state index in [2.05, 4.69) is 9.98 Å². The summed E-state index contributed by atoms with van der Waals surface area (Å²) in [5.41, 5.74) is 0.289. The number of methoxy groups -OCH3 is 1. The lowest BCUT2D eigenvalue weighted by Gasteiger charge is -2.18. The van der Waals surface area contributed by atoms with Gasteiger partial charge in [-0.3, -0.25) is 4.99 Å². The molecule has 1 unspecified atom stereocenters. The summed E-state index contributed by atoms with van der Waals surface area (Å²) in [6.45, 7) is 1.64. The fourth-order valence-corrected chi connectivity index (χ4v) is 4.60. The average molecular weight is 298 g/mol. The number of hydrogen-bond acceptors (Lipinski definition) is 4. The van der Waals surface area contributed by atoms with Crippen LogP contribution in [0.3, 0.4) is 0 Å². The Labute approximate surface area is 120 Å². The molecule has 0 N–H and O–H groups in total. The van der Waals surface area contributed by atoms with Crippen LogP contribution in [0.25, 0.3) is 0 Å². The predicted molar refractivity (Wildman–Crippen MR) is 79.5 cm³/mol. The van der Waals surface area contributed by atoms with Gasteiger partial charge in [-0.25, -0.2) is 4.98 Å². The Morgan fingerprint density at radius 1 is 1.58 bits per heavy atom. The lowest BCUT2D eigenvalue weighted by atomic mass is 10.3. The zero-order valence-electron chi connectivity index (χ0n) is 10.8. The van der Waals surface area contributed by atoms with Crippen LogP contribution in [-0.2, 0) is 4.74 Å². The molecule has 2 rings (SSSR count). The van der Waals surface area contributed by atoms with Crippen molar-refractivity contribution in [2.24, 2.45) is 4.99 Å². The van der Waals surface area contributed by atoms with Gasteiger partial charge in [-0.2, -0.15) is 16.2 Å². The summed E-state index contributed by atoms with van der Waals surface area (Å²) in [4.78, 5) is 9.83. The van der Waals surface area contributed by atoms with E-state index in [9.17, 15) is 0 Å². The molecule has 102 valence electrons. The first-order chi connectivity index (χ1) is 9.26. The van der Waals surface area contributed by atoms with Gasteiger partial charge in [0.2, 0.25) is 0 Å². The molecule has 0 aliphatic carbocycles. The fraction of sp³-hybridized carbons (Fsp3) is 0.462. The molecule has 0 spiro atoms. The monoisotopic (exact) mass is 297 g/mol. The van der Waals surface area contributed by atoms with Gasteiger partial charge in [-0.15, -0.1) is 0 Å². The maximum Gasteiger partial charge on any atom is 0.159 e. The second-order valence-electron chi connectivity index (χ2n) is 4.18. The zero-order chi connectivity index (χ0) is 13.7. The number of thiol groups is 1. The van der Waals surface area contributed by atoms with Crippen molar-refractivity contribution in [3.8, 4) is 6.07 Å². The zero-order valence-corrected chi connectivity index (χ0v) is 12.4. The smallest absolute Gasteiger partial charge is 0.159 e. The van der Waals surface area contributed by atoms with Crippen molar-refractivity contribution < 1.29 is 4.74 Å². The predicted octanol–water partition coefficient (Wildman–Crippen LogP) is 2.81. The van der Waals surface area contributed by atoms with Crippen LogP contribution in [0.15, 0.2) is 22.2 Å². The van der Waals surface area contributed by atoms with Gasteiger partial charge in [-0.1, -0.05) is 11.6 Å². The maximum absolute atomic E-state index is 8.84. The molecule has 1 aliphatic heterocycles. The fourth-order valence-electron chi connectivity index (χ4n) is 2.02. The first-order valence-corrected chi connectivity index (χ1v) is 8.02. The summed E-state index contributed by atoms with van der Waals surface area (Å²) in [6.07, 6.45) is 3.73. The van der Waals surface area contributed by atoms with E-state index in [0.29, 0.717) is 5.02 Å². The number of pyridine rings is 1. The third-order valence-electron chi connectivity index (χ3n) is 2.92. The highest BCUT2D eigenvalue weighted by Gasteiger charge is 2.20. The largest absolute Gasteiger partial charge is 0.385 e. The molecule has 0 amide bonds. The van der Waals surface area contributed by atoms with Crippen molar-refractivity contribution in [3.63, 3.8) is 0 Å². The third kappa shape index (κ3) is 3.47. The maximum atomic E-state index is 8.84. The number of aromatic nitrogens is 1. The van der Waals surface area contributed by atoms with Gasteiger partial charge in [0, 0.05) is 37.1 Å². The Kier molecular flexibility index (Phi) is 5.20. The molecule has 0 saturated heterocycles. The number of nitriles is 1. The van der Waals surface area contributed by atoms with Crippen molar-refractivity contribution in [1.82, 2.24) is 4.98 Å². The van der Waals surface area contributed by atoms with Crippen molar-refractivity contribution in [3.05, 3.63) is 23.0 Å². The van der Waals surface area contributed by atoms with Crippen LogP contribution < -0.4 is 0 Å². The summed E-state index contributed by atoms with van der Waals surface area (Å²) in [6, 6.07) is 3.85. The summed E-state index contributed by atoms with van der Waals surface area (Å²) in [5, 5.41) is 10.5. The summed E-state index contributed by atoms with van der Waals surface area (Å²) in [5.74, 6) is 1.06. The van der Waals surface area contributed by atoms with Crippen molar-refractivity contribution in [1.29, 1.82) is 5.26 Å². The van der Waals surface area contributed by atoms with E-state index in [1.807, 2.05) is 12.1 Å². The van der Waals surface area contributed by atoms with Gasteiger partial charge in [0.05, 0.1) is 10.1 Å². The highest BCUT2D eigenvalue weighted by atomic mass is 35.5. The van der Waals surface area contributed by atoms with E-state index in [-0.39, 0.29) is 5.69 Å². The van der Waals surface area contributed by atoms with Gasteiger partial charge < -0.3 is 4.74 Å². The first-order valence-electron chi connectivity index (χ1n) is 6.11. The standard InChI is InChI=1S/C13H16ClN3OS/c1-18-5-2-3-13-16-4-6-19(13)10-7-11(14)12(8-15)17-9-10/h7,9,19H,2-6H2,1H3. The molecule has 0 bridgehead atoms. The lowest BCUT2D eigenvalue weighted by Crippen LogP contribution is -2.01. The summed E-state index contributed by atoms with van der Waals surface area (Å²) >= 11 is 6.05. The second kappa shape index (κ2) is 6.90. The minimum atomic E-state index is -0.416.